The molecule has 0 bridgehead atoms. The van der Waals surface area contributed by atoms with Gasteiger partial charge < -0.3 is 19.7 Å². The van der Waals surface area contributed by atoms with Crippen LogP contribution in [0.1, 0.15) is 33.1 Å². The first kappa shape index (κ1) is 15.9. The van der Waals surface area contributed by atoms with Gasteiger partial charge in [0.15, 0.2) is 6.29 Å². The Morgan fingerprint density at radius 3 is 2.67 bits per heavy atom. The minimum atomic E-state index is -0.136. The normalized spacial score (nSPS) is 23.5. The molecular formula is C14H30N2O2. The largest absolute Gasteiger partial charge is 0.355 e. The van der Waals surface area contributed by atoms with Crippen LogP contribution in [0.3, 0.4) is 0 Å². The number of piperidine rings is 1. The van der Waals surface area contributed by atoms with Crippen LogP contribution in [-0.2, 0) is 9.47 Å². The SMILES string of the molecule is CCCN1CCCC(C(C)NCC(OC)OC)C1. The van der Waals surface area contributed by atoms with E-state index in [0.717, 1.165) is 12.5 Å². The quantitative estimate of drug-likeness (QED) is 0.672. The highest BCUT2D eigenvalue weighted by molar-refractivity contribution is 4.80. The van der Waals surface area contributed by atoms with Gasteiger partial charge in [-0.3, -0.25) is 0 Å². The third-order valence-corrected chi connectivity index (χ3v) is 3.92. The highest BCUT2D eigenvalue weighted by Gasteiger charge is 2.24. The molecule has 2 unspecified atom stereocenters. The summed E-state index contributed by atoms with van der Waals surface area (Å²) in [5, 5.41) is 3.54. The van der Waals surface area contributed by atoms with Gasteiger partial charge >= 0.3 is 0 Å². The summed E-state index contributed by atoms with van der Waals surface area (Å²) in [6.07, 6.45) is 3.78. The summed E-state index contributed by atoms with van der Waals surface area (Å²) in [5.74, 6) is 0.750. The summed E-state index contributed by atoms with van der Waals surface area (Å²) < 4.78 is 10.4. The predicted octanol–water partition coefficient (Wildman–Crippen LogP) is 1.71. The topological polar surface area (TPSA) is 33.7 Å². The van der Waals surface area contributed by atoms with E-state index in [1.54, 1.807) is 14.2 Å². The molecule has 1 heterocycles. The van der Waals surface area contributed by atoms with Gasteiger partial charge in [0.05, 0.1) is 0 Å². The smallest absolute Gasteiger partial charge is 0.169 e. The Morgan fingerprint density at radius 1 is 1.33 bits per heavy atom. The molecule has 0 amide bonds. The fourth-order valence-electron chi connectivity index (χ4n) is 2.73. The van der Waals surface area contributed by atoms with E-state index < -0.39 is 0 Å². The highest BCUT2D eigenvalue weighted by atomic mass is 16.7. The fraction of sp³-hybridized carbons (Fsp3) is 1.00. The molecule has 1 saturated heterocycles. The van der Waals surface area contributed by atoms with Crippen LogP contribution in [0.4, 0.5) is 0 Å². The molecule has 0 aromatic rings. The number of nitrogens with one attached hydrogen (secondary N) is 1. The molecular weight excluding hydrogens is 228 g/mol. The lowest BCUT2D eigenvalue weighted by molar-refractivity contribution is -0.101. The third-order valence-electron chi connectivity index (χ3n) is 3.92. The van der Waals surface area contributed by atoms with Crippen LogP contribution in [-0.4, -0.2) is 57.6 Å². The van der Waals surface area contributed by atoms with Gasteiger partial charge in [-0.15, -0.1) is 0 Å². The van der Waals surface area contributed by atoms with Gasteiger partial charge in [0.2, 0.25) is 0 Å². The summed E-state index contributed by atoms with van der Waals surface area (Å²) in [7, 11) is 3.37. The van der Waals surface area contributed by atoms with Gasteiger partial charge in [0, 0.05) is 33.4 Å². The van der Waals surface area contributed by atoms with E-state index in [0.29, 0.717) is 6.04 Å². The maximum atomic E-state index is 5.20. The van der Waals surface area contributed by atoms with Gasteiger partial charge in [0.25, 0.3) is 0 Å². The van der Waals surface area contributed by atoms with E-state index in [2.05, 4.69) is 24.1 Å². The van der Waals surface area contributed by atoms with E-state index in [-0.39, 0.29) is 6.29 Å². The standard InChI is InChI=1S/C14H30N2O2/c1-5-8-16-9-6-7-13(11-16)12(2)15-10-14(17-3)18-4/h12-15H,5-11H2,1-4H3. The lowest BCUT2D eigenvalue weighted by Gasteiger charge is -2.36. The molecule has 0 spiro atoms. The van der Waals surface area contributed by atoms with Crippen molar-refractivity contribution in [2.24, 2.45) is 5.92 Å². The number of methoxy groups -OCH3 is 2. The van der Waals surface area contributed by atoms with Crippen LogP contribution in [0.5, 0.6) is 0 Å². The number of nitrogens with zero attached hydrogens (tertiary/aromatic N) is 1. The molecule has 4 heteroatoms. The van der Waals surface area contributed by atoms with Crippen molar-refractivity contribution < 1.29 is 9.47 Å². The Hall–Kier alpha value is -0.160. The second-order valence-corrected chi connectivity index (χ2v) is 5.30. The Kier molecular flexibility index (Phi) is 7.82. The number of likely N-dealkylation sites (tertiary alicyclic amines) is 1. The van der Waals surface area contributed by atoms with Crippen molar-refractivity contribution in [3.8, 4) is 0 Å². The second-order valence-electron chi connectivity index (χ2n) is 5.30. The van der Waals surface area contributed by atoms with Gasteiger partial charge in [-0.1, -0.05) is 6.92 Å². The van der Waals surface area contributed by atoms with E-state index in [1.165, 1.54) is 38.9 Å². The zero-order valence-corrected chi connectivity index (χ0v) is 12.4. The average molecular weight is 258 g/mol. The fourth-order valence-corrected chi connectivity index (χ4v) is 2.73. The van der Waals surface area contributed by atoms with Crippen LogP contribution < -0.4 is 5.32 Å². The lowest BCUT2D eigenvalue weighted by Crippen LogP contribution is -2.46. The lowest BCUT2D eigenvalue weighted by atomic mass is 9.91. The zero-order chi connectivity index (χ0) is 13.4. The predicted molar refractivity (Wildman–Crippen MR) is 74.7 cm³/mol. The van der Waals surface area contributed by atoms with E-state index >= 15 is 0 Å². The van der Waals surface area contributed by atoms with Crippen molar-refractivity contribution in [2.45, 2.75) is 45.4 Å². The molecule has 0 radical (unpaired) electrons. The Bertz CT molecular complexity index is 208. The first-order valence-corrected chi connectivity index (χ1v) is 7.22. The van der Waals surface area contributed by atoms with Gasteiger partial charge in [0.1, 0.15) is 0 Å². The number of hydrogen-bond donors (Lipinski definition) is 1. The molecule has 1 N–H and O–H groups in total. The molecule has 4 nitrogen and oxygen atoms in total. The van der Waals surface area contributed by atoms with E-state index in [4.69, 9.17) is 9.47 Å². The molecule has 0 aliphatic carbocycles. The molecule has 1 aliphatic heterocycles. The highest BCUT2D eigenvalue weighted by Crippen LogP contribution is 2.19. The molecule has 1 rings (SSSR count). The summed E-state index contributed by atoms with van der Waals surface area (Å²) in [4.78, 5) is 2.59. The molecule has 0 aromatic carbocycles. The van der Waals surface area contributed by atoms with Gasteiger partial charge in [-0.25, -0.2) is 0 Å². The van der Waals surface area contributed by atoms with E-state index in [9.17, 15) is 0 Å². The van der Waals surface area contributed by atoms with Crippen LogP contribution >= 0.6 is 0 Å². The molecule has 18 heavy (non-hydrogen) atoms. The first-order valence-electron chi connectivity index (χ1n) is 7.22. The Labute approximate surface area is 112 Å². The van der Waals surface area contributed by atoms with Crippen molar-refractivity contribution in [3.05, 3.63) is 0 Å². The molecule has 0 aromatic heterocycles. The van der Waals surface area contributed by atoms with Crippen LogP contribution in [0, 0.1) is 5.92 Å². The second kappa shape index (κ2) is 8.86. The molecule has 1 aliphatic rings. The molecule has 0 saturated carbocycles. The maximum absolute atomic E-state index is 5.20. The maximum Gasteiger partial charge on any atom is 0.169 e. The van der Waals surface area contributed by atoms with Crippen LogP contribution in [0.2, 0.25) is 0 Å². The minimum Gasteiger partial charge on any atom is -0.355 e. The van der Waals surface area contributed by atoms with Crippen LogP contribution in [0.15, 0.2) is 0 Å². The summed E-state index contributed by atoms with van der Waals surface area (Å²) in [6.45, 7) is 9.04. The van der Waals surface area contributed by atoms with Crippen LogP contribution in [0.25, 0.3) is 0 Å². The monoisotopic (exact) mass is 258 g/mol. The number of ether oxygens (including phenoxy) is 2. The van der Waals surface area contributed by atoms with E-state index in [1.807, 2.05) is 0 Å². The summed E-state index contributed by atoms with van der Waals surface area (Å²) >= 11 is 0. The zero-order valence-electron chi connectivity index (χ0n) is 12.4. The van der Waals surface area contributed by atoms with Crippen molar-refractivity contribution in [3.63, 3.8) is 0 Å². The summed E-state index contributed by atoms with van der Waals surface area (Å²) in [6, 6.07) is 0.525. The van der Waals surface area contributed by atoms with Gasteiger partial charge in [-0.2, -0.15) is 0 Å². The average Bonchev–Trinajstić information content (AvgIpc) is 2.40. The van der Waals surface area contributed by atoms with Crippen molar-refractivity contribution >= 4 is 0 Å². The number of hydrogen-bond acceptors (Lipinski definition) is 4. The molecule has 1 fully saturated rings. The first-order chi connectivity index (χ1) is 8.71. The Morgan fingerprint density at radius 2 is 2.06 bits per heavy atom. The molecule has 108 valence electrons. The third kappa shape index (κ3) is 5.22. The molecule has 2 atom stereocenters. The van der Waals surface area contributed by atoms with Crippen molar-refractivity contribution in [1.82, 2.24) is 10.2 Å². The van der Waals surface area contributed by atoms with Crippen molar-refractivity contribution in [1.29, 1.82) is 0 Å². The summed E-state index contributed by atoms with van der Waals surface area (Å²) in [5.41, 5.74) is 0. The van der Waals surface area contributed by atoms with Gasteiger partial charge in [-0.05, 0) is 45.2 Å². The van der Waals surface area contributed by atoms with Crippen molar-refractivity contribution in [2.75, 3.05) is 40.4 Å². The Balaban J connectivity index is 2.29. The minimum absolute atomic E-state index is 0.136. The number of rotatable bonds is 8.